The van der Waals surface area contributed by atoms with E-state index in [0.29, 0.717) is 0 Å². The Morgan fingerprint density at radius 2 is 1.37 bits per heavy atom. The standard InChI is InChI=1S/C4H10N.2C4H7O.CH3.2ClH.Zr/c1-3-5-4-2;2*1-2-4-5-3-1;;;;/h3-4H2,1-2H3;2*3H,1-2,4H2;1H3;2*1H;/q4*-1;;;+2/p-2. The monoisotopic (exact) mass is 389 g/mol. The van der Waals surface area contributed by atoms with Crippen molar-refractivity contribution in [1.82, 2.24) is 0 Å². The van der Waals surface area contributed by atoms with E-state index in [2.05, 4.69) is 5.32 Å². The molecule has 0 radical (unpaired) electrons. The van der Waals surface area contributed by atoms with Crippen molar-refractivity contribution in [2.24, 2.45) is 0 Å². The van der Waals surface area contributed by atoms with Gasteiger partial charge in [0, 0.05) is 13.2 Å². The number of hydrogen-bond acceptors (Lipinski definition) is 2. The molecule has 2 aliphatic rings. The minimum absolute atomic E-state index is 0. The second-order valence-corrected chi connectivity index (χ2v) is 7.02. The van der Waals surface area contributed by atoms with Gasteiger partial charge in [0.25, 0.3) is 0 Å². The summed E-state index contributed by atoms with van der Waals surface area (Å²) in [5.41, 5.74) is 0. The fourth-order valence-electron chi connectivity index (χ4n) is 1.06. The maximum absolute atomic E-state index is 4.93. The Morgan fingerprint density at radius 3 is 1.42 bits per heavy atom. The predicted molar refractivity (Wildman–Crippen MR) is 81.5 cm³/mol. The molecule has 0 unspecified atom stereocenters. The molecule has 3 nitrogen and oxygen atoms in total. The Bertz CT molecular complexity index is 100.0. The fraction of sp³-hybridized carbons (Fsp3) is 0.769. The van der Waals surface area contributed by atoms with Crippen LogP contribution in [0.25, 0.3) is 5.32 Å². The zero-order chi connectivity index (χ0) is 13.9. The van der Waals surface area contributed by atoms with Crippen molar-refractivity contribution in [2.45, 2.75) is 39.5 Å². The summed E-state index contributed by atoms with van der Waals surface area (Å²) >= 11 is -0.826. The zero-order valence-electron chi connectivity index (χ0n) is 12.3. The summed E-state index contributed by atoms with van der Waals surface area (Å²) in [4.78, 5) is 0. The molecule has 0 N–H and O–H groups in total. The average Bonchev–Trinajstić information content (AvgIpc) is 3.11. The molecule has 2 rings (SSSR count). The second kappa shape index (κ2) is 27.6. The van der Waals surface area contributed by atoms with Gasteiger partial charge in [0.05, 0.1) is 0 Å². The molecular weight excluding hydrogens is 364 g/mol. The molecule has 0 aromatic carbocycles. The van der Waals surface area contributed by atoms with E-state index < -0.39 is 20.8 Å². The Balaban J connectivity index is -0.000000180. The van der Waals surface area contributed by atoms with Crippen LogP contribution >= 0.6 is 17.0 Å². The van der Waals surface area contributed by atoms with E-state index in [-0.39, 0.29) is 7.43 Å². The maximum atomic E-state index is 4.93. The molecule has 2 heterocycles. The molecule has 0 saturated carbocycles. The van der Waals surface area contributed by atoms with E-state index in [1.54, 1.807) is 0 Å². The van der Waals surface area contributed by atoms with Gasteiger partial charge in [-0.15, -0.1) is 0 Å². The molecule has 0 atom stereocenters. The van der Waals surface area contributed by atoms with Crippen LogP contribution in [0.5, 0.6) is 0 Å². The van der Waals surface area contributed by atoms with Gasteiger partial charge in [-0.3, -0.25) is 0 Å². The number of halogens is 2. The summed E-state index contributed by atoms with van der Waals surface area (Å²) in [7, 11) is 9.87. The number of rotatable bonds is 2. The molecular formula is C13H27Cl2NO2Zr-4. The molecule has 19 heavy (non-hydrogen) atoms. The van der Waals surface area contributed by atoms with E-state index in [4.69, 9.17) is 26.5 Å². The predicted octanol–water partition coefficient (Wildman–Crippen LogP) is 5.14. The molecule has 0 aliphatic carbocycles. The molecule has 2 aliphatic heterocycles. The van der Waals surface area contributed by atoms with Gasteiger partial charge in [-0.25, -0.2) is 13.2 Å². The van der Waals surface area contributed by atoms with Gasteiger partial charge in [-0.2, -0.15) is 25.9 Å². The SMILES string of the molecule is CC[N-]CC.[CH-]1CCCO1.[CH-]1CCCO1.[CH3-].[Cl][Zr][Cl]. The third-order valence-corrected chi connectivity index (χ3v) is 1.85. The van der Waals surface area contributed by atoms with E-state index in [0.717, 1.165) is 39.1 Å². The van der Waals surface area contributed by atoms with Crippen LogP contribution in [-0.2, 0) is 30.3 Å². The first kappa shape index (κ1) is 25.3. The Kier molecular flexibility index (Phi) is 36.8. The van der Waals surface area contributed by atoms with Crippen LogP contribution in [0.4, 0.5) is 0 Å². The minimum atomic E-state index is -0.826. The van der Waals surface area contributed by atoms with Gasteiger partial charge in [0.1, 0.15) is 0 Å². The van der Waals surface area contributed by atoms with Crippen LogP contribution in [-0.4, -0.2) is 26.3 Å². The summed E-state index contributed by atoms with van der Waals surface area (Å²) < 4.78 is 9.64. The van der Waals surface area contributed by atoms with Gasteiger partial charge in [-0.1, -0.05) is 26.7 Å². The molecule has 0 bridgehead atoms. The quantitative estimate of drug-likeness (QED) is 0.610. The van der Waals surface area contributed by atoms with E-state index in [1.165, 1.54) is 12.8 Å². The van der Waals surface area contributed by atoms with Gasteiger partial charge in [0.15, 0.2) is 0 Å². The van der Waals surface area contributed by atoms with Crippen molar-refractivity contribution >= 4 is 17.0 Å². The third-order valence-electron chi connectivity index (χ3n) is 1.85. The second-order valence-electron chi connectivity index (χ2n) is 3.29. The molecule has 0 aromatic rings. The molecule has 0 aromatic heterocycles. The Morgan fingerprint density at radius 1 is 1.00 bits per heavy atom. The first-order valence-corrected chi connectivity index (χ1v) is 12.6. The molecule has 6 heteroatoms. The van der Waals surface area contributed by atoms with Crippen LogP contribution in [0.15, 0.2) is 0 Å². The molecule has 2 saturated heterocycles. The van der Waals surface area contributed by atoms with Crippen molar-refractivity contribution in [3.8, 4) is 0 Å². The molecule has 118 valence electrons. The van der Waals surface area contributed by atoms with Crippen molar-refractivity contribution in [2.75, 3.05) is 26.3 Å². The normalized spacial score (nSPS) is 15.6. The van der Waals surface area contributed by atoms with Gasteiger partial charge in [0.2, 0.25) is 0 Å². The number of ether oxygens (including phenoxy) is 2. The summed E-state index contributed by atoms with van der Waals surface area (Å²) in [6.45, 7) is 11.6. The third kappa shape index (κ3) is 32.7. The van der Waals surface area contributed by atoms with E-state index in [1.807, 2.05) is 27.1 Å². The summed E-state index contributed by atoms with van der Waals surface area (Å²) in [5.74, 6) is 0. The van der Waals surface area contributed by atoms with Gasteiger partial charge >= 0.3 is 37.9 Å². The number of hydrogen-bond donors (Lipinski definition) is 0. The van der Waals surface area contributed by atoms with Crippen molar-refractivity contribution in [1.29, 1.82) is 0 Å². The van der Waals surface area contributed by atoms with Crippen LogP contribution in [0.2, 0.25) is 0 Å². The van der Waals surface area contributed by atoms with Crippen LogP contribution < -0.4 is 0 Å². The average molecular weight is 391 g/mol. The van der Waals surface area contributed by atoms with Crippen LogP contribution in [0.3, 0.4) is 0 Å². The van der Waals surface area contributed by atoms with Gasteiger partial charge in [-0.05, 0) is 0 Å². The van der Waals surface area contributed by atoms with E-state index in [9.17, 15) is 0 Å². The zero-order valence-corrected chi connectivity index (χ0v) is 16.3. The van der Waals surface area contributed by atoms with Crippen molar-refractivity contribution in [3.05, 3.63) is 26.0 Å². The summed E-state index contributed by atoms with van der Waals surface area (Å²) in [6.07, 6.45) is 4.75. The molecule has 2 fully saturated rings. The Labute approximate surface area is 138 Å². The summed E-state index contributed by atoms with van der Waals surface area (Å²) in [5, 5.41) is 3.97. The summed E-state index contributed by atoms with van der Waals surface area (Å²) in [6, 6.07) is 0. The van der Waals surface area contributed by atoms with Crippen LogP contribution in [0, 0.1) is 20.6 Å². The number of nitrogens with zero attached hydrogens (tertiary/aromatic N) is 1. The molecule has 0 amide bonds. The van der Waals surface area contributed by atoms with Crippen molar-refractivity contribution < 1.29 is 30.3 Å². The first-order valence-electron chi connectivity index (χ1n) is 6.29. The fourth-order valence-corrected chi connectivity index (χ4v) is 1.06. The van der Waals surface area contributed by atoms with Crippen LogP contribution in [0.1, 0.15) is 39.5 Å². The Hall–Kier alpha value is 1.34. The van der Waals surface area contributed by atoms with E-state index >= 15 is 0 Å². The molecule has 0 spiro atoms. The first-order chi connectivity index (χ1) is 8.83. The van der Waals surface area contributed by atoms with Crippen molar-refractivity contribution in [3.63, 3.8) is 0 Å². The van der Waals surface area contributed by atoms with Gasteiger partial charge < -0.3 is 22.2 Å². The topological polar surface area (TPSA) is 32.6 Å².